The maximum atomic E-state index is 13.4. The number of hydrogen-bond donors (Lipinski definition) is 0. The lowest BCUT2D eigenvalue weighted by Gasteiger charge is -2.15. The summed E-state index contributed by atoms with van der Waals surface area (Å²) in [6.45, 7) is 3.52. The van der Waals surface area contributed by atoms with Crippen molar-refractivity contribution in [3.63, 3.8) is 0 Å². The smallest absolute Gasteiger partial charge is 0.339 e. The zero-order valence-corrected chi connectivity index (χ0v) is 20.0. The average Bonchev–Trinajstić information content (AvgIpc) is 2.71. The topological polar surface area (TPSA) is 86.7 Å². The molecule has 0 spiro atoms. The maximum Gasteiger partial charge on any atom is 0.339 e. The van der Waals surface area contributed by atoms with Crippen molar-refractivity contribution in [1.82, 2.24) is 0 Å². The summed E-state index contributed by atoms with van der Waals surface area (Å²) in [7, 11) is -8.78. The van der Waals surface area contributed by atoms with Gasteiger partial charge in [-0.15, -0.1) is 0 Å². The van der Waals surface area contributed by atoms with Gasteiger partial charge < -0.3 is 8.37 Å². The molecule has 6 nitrogen and oxygen atoms in total. The molecule has 170 valence electrons. The van der Waals surface area contributed by atoms with Crippen LogP contribution in [0.1, 0.15) is 23.1 Å². The minimum Gasteiger partial charge on any atom is -0.378 e. The highest BCUT2D eigenvalue weighted by Crippen LogP contribution is 2.41. The Morgan fingerprint density at radius 2 is 1.06 bits per heavy atom. The van der Waals surface area contributed by atoms with Gasteiger partial charge in [0.2, 0.25) is 0 Å². The van der Waals surface area contributed by atoms with Gasteiger partial charge in [-0.25, -0.2) is 8.78 Å². The van der Waals surface area contributed by atoms with Gasteiger partial charge in [0.15, 0.2) is 11.5 Å². The van der Waals surface area contributed by atoms with Crippen molar-refractivity contribution in [2.24, 2.45) is 0 Å². The molecule has 0 saturated carbocycles. The van der Waals surface area contributed by atoms with Gasteiger partial charge in [-0.05, 0) is 66.2 Å². The van der Waals surface area contributed by atoms with Crippen molar-refractivity contribution in [2.75, 3.05) is 0 Å². The van der Waals surface area contributed by atoms with Gasteiger partial charge in [-0.2, -0.15) is 16.8 Å². The molecule has 0 bridgehead atoms. The van der Waals surface area contributed by atoms with Crippen molar-refractivity contribution in [2.45, 2.75) is 30.1 Å². The Bertz CT molecular complexity index is 1240. The van der Waals surface area contributed by atoms with Gasteiger partial charge in [-0.1, -0.05) is 35.4 Å². The Labute approximate surface area is 193 Å². The summed E-state index contributed by atoms with van der Waals surface area (Å²) in [5.41, 5.74) is 0.931. The Balaban J connectivity index is 2.03. The number of aryl methyl sites for hydroxylation is 2. The number of alkyl halides is 2. The molecule has 0 heterocycles. The molecule has 3 aromatic carbocycles. The number of benzene rings is 3. The van der Waals surface area contributed by atoms with Crippen LogP contribution in [-0.4, -0.2) is 16.8 Å². The van der Waals surface area contributed by atoms with E-state index in [0.29, 0.717) is 0 Å². The Morgan fingerprint density at radius 3 is 1.38 bits per heavy atom. The fraction of sp³-hybridized carbons (Fsp3) is 0.143. The maximum absolute atomic E-state index is 13.4. The second-order valence-electron chi connectivity index (χ2n) is 6.83. The molecule has 0 aliphatic rings. The molecule has 0 N–H and O–H groups in total. The SMILES string of the molecule is Cc1ccc(S(=O)(=O)Oc2cc(C(F)F)cc(OS(=O)(=O)c3ccc(C)cc3)c2Br)cc1. The second-order valence-corrected chi connectivity index (χ2v) is 10.7. The highest BCUT2D eigenvalue weighted by Gasteiger charge is 2.26. The summed E-state index contributed by atoms with van der Waals surface area (Å²) >= 11 is 3.01. The van der Waals surface area contributed by atoms with Gasteiger partial charge in [0.05, 0.1) is 0 Å². The highest BCUT2D eigenvalue weighted by molar-refractivity contribution is 9.10. The van der Waals surface area contributed by atoms with Crippen LogP contribution in [0.15, 0.2) is 74.9 Å². The van der Waals surface area contributed by atoms with E-state index < -0.39 is 43.7 Å². The predicted molar refractivity (Wildman–Crippen MR) is 117 cm³/mol. The van der Waals surface area contributed by atoms with Crippen molar-refractivity contribution in [1.29, 1.82) is 0 Å². The monoisotopic (exact) mass is 546 g/mol. The average molecular weight is 547 g/mol. The minimum atomic E-state index is -4.39. The summed E-state index contributed by atoms with van der Waals surface area (Å²) in [6, 6.07) is 13.0. The normalized spacial score (nSPS) is 12.1. The standard InChI is InChI=1S/C21H17BrF2O6S2/c1-13-3-7-16(8-4-13)31(25,26)29-18-11-15(21(23)24)12-19(20(18)22)30-32(27,28)17-9-5-14(2)6-10-17/h3-12,21H,1-2H3. The molecule has 0 aliphatic carbocycles. The van der Waals surface area contributed by atoms with E-state index in [2.05, 4.69) is 15.9 Å². The number of halogens is 3. The molecular formula is C21H17BrF2O6S2. The van der Waals surface area contributed by atoms with E-state index in [0.717, 1.165) is 23.3 Å². The first-order chi connectivity index (χ1) is 14.9. The van der Waals surface area contributed by atoms with Gasteiger partial charge >= 0.3 is 20.2 Å². The molecule has 0 aliphatic heterocycles. The van der Waals surface area contributed by atoms with Crippen LogP contribution in [0.25, 0.3) is 0 Å². The van der Waals surface area contributed by atoms with Crippen LogP contribution < -0.4 is 8.37 Å². The number of rotatable bonds is 7. The Morgan fingerprint density at radius 1 is 0.719 bits per heavy atom. The van der Waals surface area contributed by atoms with Crippen LogP contribution in [-0.2, 0) is 20.2 Å². The Hall–Kier alpha value is -2.50. The van der Waals surface area contributed by atoms with E-state index in [1.165, 1.54) is 24.3 Å². The van der Waals surface area contributed by atoms with E-state index in [9.17, 15) is 25.6 Å². The quantitative estimate of drug-likeness (QED) is 0.361. The van der Waals surface area contributed by atoms with E-state index in [1.807, 2.05) is 0 Å². The summed E-state index contributed by atoms with van der Waals surface area (Å²) in [6.07, 6.45) is -3.04. The van der Waals surface area contributed by atoms with Crippen molar-refractivity contribution in [3.05, 3.63) is 81.8 Å². The van der Waals surface area contributed by atoms with E-state index in [4.69, 9.17) is 8.37 Å². The lowest BCUT2D eigenvalue weighted by Crippen LogP contribution is -2.13. The van der Waals surface area contributed by atoms with E-state index >= 15 is 0 Å². The number of hydrogen-bond acceptors (Lipinski definition) is 6. The predicted octanol–water partition coefficient (Wildman–Crippen LogP) is 5.54. The summed E-state index contributed by atoms with van der Waals surface area (Å²) in [5.74, 6) is -1.09. The molecular weight excluding hydrogens is 530 g/mol. The molecule has 0 radical (unpaired) electrons. The lowest BCUT2D eigenvalue weighted by molar-refractivity contribution is 0.151. The van der Waals surface area contributed by atoms with Crippen LogP contribution in [0.5, 0.6) is 11.5 Å². The first-order valence-electron chi connectivity index (χ1n) is 9.03. The third kappa shape index (κ3) is 5.45. The highest BCUT2D eigenvalue weighted by atomic mass is 79.9. The minimum absolute atomic E-state index is 0.202. The van der Waals surface area contributed by atoms with Crippen molar-refractivity contribution in [3.8, 4) is 11.5 Å². The van der Waals surface area contributed by atoms with Gasteiger partial charge in [0.25, 0.3) is 6.43 Å². The van der Waals surface area contributed by atoms with Gasteiger partial charge in [-0.3, -0.25) is 0 Å². The molecule has 0 aromatic heterocycles. The van der Waals surface area contributed by atoms with E-state index in [1.54, 1.807) is 38.1 Å². The molecule has 0 fully saturated rings. The molecule has 3 aromatic rings. The van der Waals surface area contributed by atoms with Crippen LogP contribution in [0.4, 0.5) is 8.78 Å². The molecule has 0 amide bonds. The first kappa shape index (κ1) is 24.1. The van der Waals surface area contributed by atoms with Crippen LogP contribution in [0.2, 0.25) is 0 Å². The zero-order valence-electron chi connectivity index (χ0n) is 16.8. The largest absolute Gasteiger partial charge is 0.378 e. The molecule has 3 rings (SSSR count). The van der Waals surface area contributed by atoms with Crippen molar-refractivity contribution < 1.29 is 34.0 Å². The third-order valence-corrected chi connectivity index (χ3v) is 7.58. The third-order valence-electron chi connectivity index (χ3n) is 4.30. The lowest BCUT2D eigenvalue weighted by atomic mass is 10.2. The summed E-state index contributed by atoms with van der Waals surface area (Å²) < 4.78 is 87.1. The van der Waals surface area contributed by atoms with Crippen LogP contribution >= 0.6 is 15.9 Å². The molecule has 0 atom stereocenters. The molecule has 0 saturated heterocycles. The Kier molecular flexibility index (Phi) is 6.91. The fourth-order valence-electron chi connectivity index (χ4n) is 2.58. The molecule has 11 heteroatoms. The molecule has 0 unspecified atom stereocenters. The summed E-state index contributed by atoms with van der Waals surface area (Å²) in [5, 5.41) is 0. The van der Waals surface area contributed by atoms with Crippen LogP contribution in [0.3, 0.4) is 0 Å². The van der Waals surface area contributed by atoms with Crippen LogP contribution in [0, 0.1) is 13.8 Å². The first-order valence-corrected chi connectivity index (χ1v) is 12.6. The van der Waals surface area contributed by atoms with Gasteiger partial charge in [0.1, 0.15) is 14.3 Å². The summed E-state index contributed by atoms with van der Waals surface area (Å²) in [4.78, 5) is -0.403. The van der Waals surface area contributed by atoms with Gasteiger partial charge in [0, 0.05) is 5.56 Å². The van der Waals surface area contributed by atoms with Crippen molar-refractivity contribution >= 4 is 36.2 Å². The molecule has 32 heavy (non-hydrogen) atoms. The van der Waals surface area contributed by atoms with E-state index in [-0.39, 0.29) is 14.3 Å². The zero-order chi connectivity index (χ0) is 23.7. The second kappa shape index (κ2) is 9.16. The fourth-order valence-corrected chi connectivity index (χ4v) is 5.05.